The minimum absolute atomic E-state index is 0.177. The highest BCUT2D eigenvalue weighted by atomic mass is 35.5. The van der Waals surface area contributed by atoms with Gasteiger partial charge in [-0.15, -0.1) is 0 Å². The van der Waals surface area contributed by atoms with Crippen LogP contribution in [0.5, 0.6) is 0 Å². The third-order valence-electron chi connectivity index (χ3n) is 3.99. The molecule has 1 fully saturated rings. The molecule has 5 heteroatoms. The van der Waals surface area contributed by atoms with Crippen molar-refractivity contribution in [2.45, 2.75) is 19.9 Å². The van der Waals surface area contributed by atoms with Gasteiger partial charge in [-0.25, -0.2) is 4.39 Å². The van der Waals surface area contributed by atoms with Gasteiger partial charge in [0.25, 0.3) is 0 Å². The number of rotatable bonds is 6. The minimum atomic E-state index is -0.177. The van der Waals surface area contributed by atoms with Crippen LogP contribution in [-0.2, 0) is 6.54 Å². The molecule has 1 N–H and O–H groups in total. The summed E-state index contributed by atoms with van der Waals surface area (Å²) in [4.78, 5) is 4.70. The zero-order valence-electron chi connectivity index (χ0n) is 13.0. The fourth-order valence-electron chi connectivity index (χ4n) is 2.68. The van der Waals surface area contributed by atoms with Crippen LogP contribution in [-0.4, -0.2) is 56.1 Å². The molecule has 0 atom stereocenters. The third kappa shape index (κ3) is 5.22. The molecule has 0 aromatic heterocycles. The molecular formula is C16H25ClFN3. The molecule has 0 amide bonds. The number of benzene rings is 1. The summed E-state index contributed by atoms with van der Waals surface area (Å²) >= 11 is 6.19. The van der Waals surface area contributed by atoms with E-state index < -0.39 is 0 Å². The van der Waals surface area contributed by atoms with Crippen LogP contribution in [0.1, 0.15) is 17.5 Å². The van der Waals surface area contributed by atoms with Crippen molar-refractivity contribution in [2.75, 3.05) is 46.3 Å². The summed E-state index contributed by atoms with van der Waals surface area (Å²) in [5, 5.41) is 4.02. The maximum absolute atomic E-state index is 13.6. The molecule has 1 saturated heterocycles. The average molecular weight is 314 g/mol. The van der Waals surface area contributed by atoms with Crippen LogP contribution >= 0.6 is 11.6 Å². The Bertz CT molecular complexity index is 461. The molecule has 0 saturated carbocycles. The van der Waals surface area contributed by atoms with Crippen LogP contribution in [0.25, 0.3) is 0 Å². The number of hydrogen-bond donors (Lipinski definition) is 1. The lowest BCUT2D eigenvalue weighted by Crippen LogP contribution is -2.44. The Kier molecular flexibility index (Phi) is 6.42. The van der Waals surface area contributed by atoms with Crippen molar-refractivity contribution in [3.63, 3.8) is 0 Å². The first kappa shape index (κ1) is 16.7. The van der Waals surface area contributed by atoms with Crippen LogP contribution in [0, 0.1) is 12.7 Å². The van der Waals surface area contributed by atoms with Crippen LogP contribution < -0.4 is 5.32 Å². The monoisotopic (exact) mass is 313 g/mol. The number of halogens is 2. The second kappa shape index (κ2) is 8.08. The van der Waals surface area contributed by atoms with E-state index in [1.807, 2.05) is 0 Å². The maximum atomic E-state index is 13.6. The van der Waals surface area contributed by atoms with Gasteiger partial charge in [-0.2, -0.15) is 0 Å². The van der Waals surface area contributed by atoms with E-state index in [1.165, 1.54) is 0 Å². The Labute approximate surface area is 132 Å². The molecule has 0 radical (unpaired) electrons. The molecule has 0 spiro atoms. The van der Waals surface area contributed by atoms with Gasteiger partial charge in [0.15, 0.2) is 0 Å². The zero-order chi connectivity index (χ0) is 15.2. The Hall–Kier alpha value is -0.680. The van der Waals surface area contributed by atoms with Crippen molar-refractivity contribution < 1.29 is 4.39 Å². The fraction of sp³-hybridized carbons (Fsp3) is 0.625. The topological polar surface area (TPSA) is 18.5 Å². The highest BCUT2D eigenvalue weighted by Crippen LogP contribution is 2.21. The van der Waals surface area contributed by atoms with Gasteiger partial charge in [-0.05, 0) is 56.7 Å². The summed E-state index contributed by atoms with van der Waals surface area (Å²) < 4.78 is 13.6. The van der Waals surface area contributed by atoms with E-state index in [0.717, 1.165) is 51.3 Å². The lowest BCUT2D eigenvalue weighted by atomic mass is 10.1. The molecular weight excluding hydrogens is 289 g/mol. The fourth-order valence-corrected chi connectivity index (χ4v) is 2.96. The second-order valence-electron chi connectivity index (χ2n) is 5.88. The van der Waals surface area contributed by atoms with E-state index >= 15 is 0 Å². The molecule has 21 heavy (non-hydrogen) atoms. The lowest BCUT2D eigenvalue weighted by molar-refractivity contribution is 0.220. The van der Waals surface area contributed by atoms with Gasteiger partial charge in [0.2, 0.25) is 0 Å². The Morgan fingerprint density at radius 2 is 2.05 bits per heavy atom. The van der Waals surface area contributed by atoms with Gasteiger partial charge < -0.3 is 15.1 Å². The van der Waals surface area contributed by atoms with Gasteiger partial charge in [0.05, 0.1) is 0 Å². The predicted molar refractivity (Wildman–Crippen MR) is 86.4 cm³/mol. The van der Waals surface area contributed by atoms with Crippen molar-refractivity contribution in [2.24, 2.45) is 0 Å². The molecule has 1 aliphatic rings. The van der Waals surface area contributed by atoms with Crippen molar-refractivity contribution >= 4 is 11.6 Å². The number of aryl methyl sites for hydroxylation is 1. The van der Waals surface area contributed by atoms with Crippen molar-refractivity contribution in [3.8, 4) is 0 Å². The Morgan fingerprint density at radius 3 is 2.76 bits per heavy atom. The summed E-state index contributed by atoms with van der Waals surface area (Å²) in [6.45, 7) is 9.01. The van der Waals surface area contributed by atoms with Crippen LogP contribution in [0.2, 0.25) is 5.02 Å². The van der Waals surface area contributed by atoms with Crippen LogP contribution in [0.3, 0.4) is 0 Å². The van der Waals surface area contributed by atoms with Crippen LogP contribution in [0.15, 0.2) is 12.1 Å². The normalized spacial score (nSPS) is 16.6. The molecule has 3 nitrogen and oxygen atoms in total. The summed E-state index contributed by atoms with van der Waals surface area (Å²) in [5.41, 5.74) is 1.47. The first-order valence-corrected chi connectivity index (χ1v) is 8.00. The van der Waals surface area contributed by atoms with Gasteiger partial charge in [0.1, 0.15) is 5.82 Å². The van der Waals surface area contributed by atoms with Crippen molar-refractivity contribution in [3.05, 3.63) is 34.1 Å². The van der Waals surface area contributed by atoms with E-state index in [0.29, 0.717) is 17.1 Å². The smallest absolute Gasteiger partial charge is 0.126 e. The largest absolute Gasteiger partial charge is 0.314 e. The van der Waals surface area contributed by atoms with Gasteiger partial charge in [0, 0.05) is 37.7 Å². The van der Waals surface area contributed by atoms with E-state index in [2.05, 4.69) is 22.2 Å². The summed E-state index contributed by atoms with van der Waals surface area (Å²) in [6, 6.07) is 3.27. The molecule has 0 bridgehead atoms. The lowest BCUT2D eigenvalue weighted by Gasteiger charge is -2.28. The highest BCUT2D eigenvalue weighted by Gasteiger charge is 2.11. The number of hydrogen-bond acceptors (Lipinski definition) is 3. The van der Waals surface area contributed by atoms with Gasteiger partial charge in [-0.3, -0.25) is 0 Å². The Morgan fingerprint density at radius 1 is 1.33 bits per heavy atom. The van der Waals surface area contributed by atoms with E-state index in [4.69, 9.17) is 11.6 Å². The molecule has 0 unspecified atom stereocenters. The van der Waals surface area contributed by atoms with Crippen molar-refractivity contribution in [1.29, 1.82) is 0 Å². The molecule has 1 aliphatic heterocycles. The first-order chi connectivity index (χ1) is 10.1. The van der Waals surface area contributed by atoms with E-state index in [-0.39, 0.29) is 5.82 Å². The molecule has 0 aliphatic carbocycles. The summed E-state index contributed by atoms with van der Waals surface area (Å²) in [5.74, 6) is -0.177. The maximum Gasteiger partial charge on any atom is 0.126 e. The summed E-state index contributed by atoms with van der Waals surface area (Å²) in [7, 11) is 2.06. The quantitative estimate of drug-likeness (QED) is 0.870. The summed E-state index contributed by atoms with van der Waals surface area (Å²) in [6.07, 6.45) is 1.13. The highest BCUT2D eigenvalue weighted by molar-refractivity contribution is 6.31. The standard InChI is InChI=1S/C16H25ClFN3/c1-13-10-15(17)14(11-16(13)18)12-20(2)6-3-7-21-8-4-19-5-9-21/h10-11,19H,3-9,12H2,1-2H3. The van der Waals surface area contributed by atoms with Crippen molar-refractivity contribution in [1.82, 2.24) is 15.1 Å². The number of nitrogens with zero attached hydrogens (tertiary/aromatic N) is 2. The minimum Gasteiger partial charge on any atom is -0.314 e. The van der Waals surface area contributed by atoms with E-state index in [1.54, 1.807) is 19.1 Å². The molecule has 1 aromatic rings. The van der Waals surface area contributed by atoms with Gasteiger partial charge in [-0.1, -0.05) is 11.6 Å². The van der Waals surface area contributed by atoms with E-state index in [9.17, 15) is 4.39 Å². The van der Waals surface area contributed by atoms with Crippen LogP contribution in [0.4, 0.5) is 4.39 Å². The predicted octanol–water partition coefficient (Wildman–Crippen LogP) is 2.51. The zero-order valence-corrected chi connectivity index (χ0v) is 13.7. The Balaban J connectivity index is 1.76. The number of nitrogens with one attached hydrogen (secondary N) is 1. The average Bonchev–Trinajstić information content (AvgIpc) is 2.46. The first-order valence-electron chi connectivity index (χ1n) is 7.62. The SMILES string of the molecule is Cc1cc(Cl)c(CN(C)CCCN2CCNCC2)cc1F. The molecule has 1 aromatic carbocycles. The molecule has 2 rings (SSSR count). The number of piperazine rings is 1. The third-order valence-corrected chi connectivity index (χ3v) is 4.34. The van der Waals surface area contributed by atoms with Gasteiger partial charge >= 0.3 is 0 Å². The molecule has 118 valence electrons. The second-order valence-corrected chi connectivity index (χ2v) is 6.28. The molecule has 1 heterocycles.